The van der Waals surface area contributed by atoms with Gasteiger partial charge in [-0.2, -0.15) is 0 Å². The molecule has 0 saturated heterocycles. The van der Waals surface area contributed by atoms with Crippen molar-refractivity contribution in [3.05, 3.63) is 35.4 Å². The van der Waals surface area contributed by atoms with Crippen molar-refractivity contribution in [2.24, 2.45) is 5.73 Å². The zero-order chi connectivity index (χ0) is 15.0. The quantitative estimate of drug-likeness (QED) is 0.854. The molecule has 1 aromatic carbocycles. The highest BCUT2D eigenvalue weighted by molar-refractivity contribution is 6.21. The number of hydrogen-bond donors (Lipinski definition) is 1. The third-order valence-electron chi connectivity index (χ3n) is 4.61. The summed E-state index contributed by atoms with van der Waals surface area (Å²) in [6.07, 6.45) is 4.08. The average Bonchev–Trinajstić information content (AvgIpc) is 2.73. The second kappa shape index (κ2) is 5.58. The lowest BCUT2D eigenvalue weighted by atomic mass is 9.91. The van der Waals surface area contributed by atoms with Crippen LogP contribution in [0.15, 0.2) is 24.3 Å². The van der Waals surface area contributed by atoms with Gasteiger partial charge in [-0.15, -0.1) is 0 Å². The van der Waals surface area contributed by atoms with Gasteiger partial charge in [0.05, 0.1) is 17.8 Å². The first-order valence-corrected chi connectivity index (χ1v) is 7.49. The van der Waals surface area contributed by atoms with Crippen molar-refractivity contribution in [2.45, 2.75) is 37.8 Å². The topological polar surface area (TPSA) is 66.6 Å². The molecule has 0 unspecified atom stereocenters. The molecule has 112 valence electrons. The number of carbonyl (C=O) groups is 2. The predicted octanol–water partition coefficient (Wildman–Crippen LogP) is 1.44. The highest BCUT2D eigenvalue weighted by Crippen LogP contribution is 2.25. The third-order valence-corrected chi connectivity index (χ3v) is 4.61. The number of hydrogen-bond acceptors (Lipinski definition) is 4. The minimum atomic E-state index is -0.185. The number of nitrogens with two attached hydrogens (primary N) is 1. The molecule has 0 spiro atoms. The van der Waals surface area contributed by atoms with Gasteiger partial charge in [0, 0.05) is 12.1 Å². The van der Waals surface area contributed by atoms with E-state index in [1.807, 2.05) is 7.05 Å². The Labute approximate surface area is 124 Å². The van der Waals surface area contributed by atoms with Gasteiger partial charge in [0.1, 0.15) is 0 Å². The number of amides is 2. The fourth-order valence-electron chi connectivity index (χ4n) is 3.25. The normalized spacial score (nSPS) is 25.6. The lowest BCUT2D eigenvalue weighted by molar-refractivity contribution is 0.0494. The largest absolute Gasteiger partial charge is 0.328 e. The minimum absolute atomic E-state index is 0.185. The van der Waals surface area contributed by atoms with Gasteiger partial charge in [-0.05, 0) is 44.9 Å². The molecule has 0 radical (unpaired) electrons. The molecular weight excluding hydrogens is 266 g/mol. The molecule has 1 aliphatic heterocycles. The van der Waals surface area contributed by atoms with Crippen molar-refractivity contribution in [1.29, 1.82) is 0 Å². The second-order valence-electron chi connectivity index (χ2n) is 6.05. The molecule has 2 N–H and O–H groups in total. The molecular formula is C16H21N3O2. The first kappa shape index (κ1) is 14.2. The first-order chi connectivity index (χ1) is 10.1. The number of imide groups is 1. The molecule has 2 aliphatic rings. The van der Waals surface area contributed by atoms with E-state index in [4.69, 9.17) is 5.73 Å². The van der Waals surface area contributed by atoms with E-state index in [1.165, 1.54) is 4.90 Å². The Hall–Kier alpha value is -1.72. The van der Waals surface area contributed by atoms with E-state index in [-0.39, 0.29) is 11.8 Å². The fourth-order valence-corrected chi connectivity index (χ4v) is 3.25. The summed E-state index contributed by atoms with van der Waals surface area (Å²) in [7, 11) is 1.98. The fraction of sp³-hybridized carbons (Fsp3) is 0.500. The highest BCUT2D eigenvalue weighted by Gasteiger charge is 2.36. The van der Waals surface area contributed by atoms with E-state index >= 15 is 0 Å². The molecule has 1 heterocycles. The highest BCUT2D eigenvalue weighted by atomic mass is 16.2. The lowest BCUT2D eigenvalue weighted by Gasteiger charge is -2.35. The van der Waals surface area contributed by atoms with Crippen LogP contribution in [0.4, 0.5) is 0 Å². The number of fused-ring (bicyclic) bond motifs is 1. The molecule has 1 saturated carbocycles. The molecule has 2 amide bonds. The smallest absolute Gasteiger partial charge is 0.262 e. The van der Waals surface area contributed by atoms with Gasteiger partial charge in [0.15, 0.2) is 0 Å². The van der Waals surface area contributed by atoms with Crippen LogP contribution in [-0.2, 0) is 0 Å². The summed E-state index contributed by atoms with van der Waals surface area (Å²) < 4.78 is 0. The Balaban J connectivity index is 1.69. The summed E-state index contributed by atoms with van der Waals surface area (Å²) in [6, 6.07) is 7.72. The second-order valence-corrected chi connectivity index (χ2v) is 6.05. The molecule has 21 heavy (non-hydrogen) atoms. The van der Waals surface area contributed by atoms with Gasteiger partial charge in [-0.3, -0.25) is 19.4 Å². The molecule has 1 aromatic rings. The Morgan fingerprint density at radius 3 is 2.14 bits per heavy atom. The van der Waals surface area contributed by atoms with E-state index < -0.39 is 0 Å². The van der Waals surface area contributed by atoms with Crippen molar-refractivity contribution in [3.63, 3.8) is 0 Å². The van der Waals surface area contributed by atoms with Gasteiger partial charge in [-0.25, -0.2) is 0 Å². The van der Waals surface area contributed by atoms with Crippen molar-refractivity contribution in [1.82, 2.24) is 9.80 Å². The Bertz CT molecular complexity index is 529. The van der Waals surface area contributed by atoms with Crippen LogP contribution in [0.25, 0.3) is 0 Å². The Kier molecular flexibility index (Phi) is 3.78. The van der Waals surface area contributed by atoms with Crippen LogP contribution in [0.3, 0.4) is 0 Å². The lowest BCUT2D eigenvalue weighted by Crippen LogP contribution is -2.46. The van der Waals surface area contributed by atoms with Crippen molar-refractivity contribution in [3.8, 4) is 0 Å². The maximum atomic E-state index is 12.3. The van der Waals surface area contributed by atoms with Crippen LogP contribution >= 0.6 is 0 Å². The standard InChI is InChI=1S/C16H21N3O2/c1-18(12-8-6-11(17)7-9-12)10-19-15(20)13-4-2-3-5-14(13)16(19)21/h2-5,11-12H,6-10,17H2,1H3. The van der Waals surface area contributed by atoms with E-state index in [1.54, 1.807) is 24.3 Å². The molecule has 1 fully saturated rings. The summed E-state index contributed by atoms with van der Waals surface area (Å²) in [5.41, 5.74) is 6.96. The van der Waals surface area contributed by atoms with Gasteiger partial charge < -0.3 is 5.73 Å². The van der Waals surface area contributed by atoms with Crippen LogP contribution in [0.5, 0.6) is 0 Å². The number of nitrogens with zero attached hydrogens (tertiary/aromatic N) is 2. The first-order valence-electron chi connectivity index (χ1n) is 7.49. The number of carbonyl (C=O) groups excluding carboxylic acids is 2. The van der Waals surface area contributed by atoms with Crippen LogP contribution in [0, 0.1) is 0 Å². The third kappa shape index (κ3) is 2.59. The number of rotatable bonds is 3. The molecule has 5 nitrogen and oxygen atoms in total. The zero-order valence-electron chi connectivity index (χ0n) is 12.3. The summed E-state index contributed by atoms with van der Waals surface area (Å²) in [5.74, 6) is -0.370. The van der Waals surface area contributed by atoms with Crippen LogP contribution in [0.1, 0.15) is 46.4 Å². The average molecular weight is 287 g/mol. The van der Waals surface area contributed by atoms with Crippen LogP contribution in [-0.4, -0.2) is 47.4 Å². The molecule has 3 rings (SSSR count). The molecule has 0 bridgehead atoms. The van der Waals surface area contributed by atoms with Crippen molar-refractivity contribution >= 4 is 11.8 Å². The van der Waals surface area contributed by atoms with Gasteiger partial charge in [-0.1, -0.05) is 12.1 Å². The molecule has 0 atom stereocenters. The van der Waals surface area contributed by atoms with Crippen molar-refractivity contribution < 1.29 is 9.59 Å². The summed E-state index contributed by atoms with van der Waals surface area (Å²) >= 11 is 0. The monoisotopic (exact) mass is 287 g/mol. The van der Waals surface area contributed by atoms with E-state index in [0.29, 0.717) is 29.9 Å². The molecule has 5 heteroatoms. The molecule has 1 aliphatic carbocycles. The zero-order valence-corrected chi connectivity index (χ0v) is 12.3. The van der Waals surface area contributed by atoms with E-state index in [0.717, 1.165) is 25.7 Å². The van der Waals surface area contributed by atoms with E-state index in [2.05, 4.69) is 4.90 Å². The van der Waals surface area contributed by atoms with Gasteiger partial charge >= 0.3 is 0 Å². The Morgan fingerprint density at radius 2 is 1.62 bits per heavy atom. The SMILES string of the molecule is CN(CN1C(=O)c2ccccc2C1=O)C1CCC(N)CC1. The van der Waals surface area contributed by atoms with Gasteiger partial charge in [0.2, 0.25) is 0 Å². The minimum Gasteiger partial charge on any atom is -0.328 e. The van der Waals surface area contributed by atoms with Gasteiger partial charge in [0.25, 0.3) is 11.8 Å². The predicted molar refractivity (Wildman–Crippen MR) is 79.8 cm³/mol. The summed E-state index contributed by atoms with van der Waals surface area (Å²) in [4.78, 5) is 28.1. The van der Waals surface area contributed by atoms with Crippen LogP contribution < -0.4 is 5.73 Å². The summed E-state index contributed by atoms with van der Waals surface area (Å²) in [6.45, 7) is 0.353. The van der Waals surface area contributed by atoms with Crippen LogP contribution in [0.2, 0.25) is 0 Å². The van der Waals surface area contributed by atoms with E-state index in [9.17, 15) is 9.59 Å². The summed E-state index contributed by atoms with van der Waals surface area (Å²) in [5, 5.41) is 0. The van der Waals surface area contributed by atoms with Crippen molar-refractivity contribution in [2.75, 3.05) is 13.7 Å². The Morgan fingerprint density at radius 1 is 1.10 bits per heavy atom. The molecule has 0 aromatic heterocycles. The maximum absolute atomic E-state index is 12.3. The maximum Gasteiger partial charge on any atom is 0.262 e. The number of benzene rings is 1.